The molecule has 116 valence electrons. The van der Waals surface area contributed by atoms with E-state index in [9.17, 15) is 4.79 Å². The van der Waals surface area contributed by atoms with Crippen LogP contribution in [0.3, 0.4) is 0 Å². The van der Waals surface area contributed by atoms with Gasteiger partial charge >= 0.3 is 5.56 Å². The van der Waals surface area contributed by atoms with E-state index in [2.05, 4.69) is 25.5 Å². The highest BCUT2D eigenvalue weighted by Crippen LogP contribution is 2.27. The Morgan fingerprint density at radius 1 is 1.18 bits per heavy atom. The summed E-state index contributed by atoms with van der Waals surface area (Å²) in [5.41, 5.74) is 0.368. The van der Waals surface area contributed by atoms with Crippen molar-refractivity contribution in [2.24, 2.45) is 5.92 Å². The Morgan fingerprint density at radius 3 is 2.82 bits per heavy atom. The molecule has 0 spiro atoms. The predicted molar refractivity (Wildman–Crippen MR) is 84.1 cm³/mol. The molecular weight excluding hydrogens is 300 g/mol. The van der Waals surface area contributed by atoms with Crippen LogP contribution in [0.25, 0.3) is 16.1 Å². The van der Waals surface area contributed by atoms with Gasteiger partial charge in [-0.3, -0.25) is 4.79 Å². The second-order valence-corrected chi connectivity index (χ2v) is 7.04. The first-order valence-corrected chi connectivity index (χ1v) is 8.72. The maximum Gasteiger partial charge on any atom is 0.305 e. The van der Waals surface area contributed by atoms with E-state index in [4.69, 9.17) is 0 Å². The fraction of sp³-hybridized carbons (Fsp3) is 0.643. The second-order valence-electron chi connectivity index (χ2n) is 6.00. The van der Waals surface area contributed by atoms with E-state index in [0.29, 0.717) is 10.6 Å². The molecule has 8 heteroatoms. The molecule has 1 aliphatic rings. The molecule has 3 heterocycles. The highest BCUT2D eigenvalue weighted by molar-refractivity contribution is 7.16. The average molecular weight is 318 g/mol. The zero-order valence-corrected chi connectivity index (χ0v) is 13.1. The molecule has 1 N–H and O–H groups in total. The van der Waals surface area contributed by atoms with Crippen LogP contribution in [0.1, 0.15) is 50.0 Å². The van der Waals surface area contributed by atoms with Crippen molar-refractivity contribution in [3.8, 4) is 0 Å². The number of hydrogen-bond acceptors (Lipinski definition) is 6. The number of H-pyrrole nitrogens is 1. The van der Waals surface area contributed by atoms with Gasteiger partial charge in [-0.15, -0.1) is 10.2 Å². The molecule has 3 aromatic heterocycles. The summed E-state index contributed by atoms with van der Waals surface area (Å²) in [6, 6.07) is 0. The van der Waals surface area contributed by atoms with Crippen LogP contribution < -0.4 is 5.56 Å². The Balaban J connectivity index is 1.57. The molecule has 22 heavy (non-hydrogen) atoms. The van der Waals surface area contributed by atoms with Crippen molar-refractivity contribution < 1.29 is 0 Å². The molecule has 0 aliphatic heterocycles. The molecule has 0 bridgehead atoms. The molecule has 3 aromatic rings. The molecule has 1 fully saturated rings. The first kappa shape index (κ1) is 13.8. The maximum atomic E-state index is 12.3. The van der Waals surface area contributed by atoms with Crippen LogP contribution in [0.15, 0.2) is 4.79 Å². The predicted octanol–water partition coefficient (Wildman–Crippen LogP) is 2.33. The molecular formula is C14H18N6OS. The quantitative estimate of drug-likeness (QED) is 0.749. The Morgan fingerprint density at radius 2 is 2.00 bits per heavy atom. The number of nitrogens with zero attached hydrogens (tertiary/aromatic N) is 5. The van der Waals surface area contributed by atoms with Crippen LogP contribution in [0, 0.1) is 5.92 Å². The van der Waals surface area contributed by atoms with Crippen molar-refractivity contribution >= 4 is 27.5 Å². The summed E-state index contributed by atoms with van der Waals surface area (Å²) in [6.07, 6.45) is 10.2. The van der Waals surface area contributed by atoms with Gasteiger partial charge in [0.1, 0.15) is 5.01 Å². The highest BCUT2D eigenvalue weighted by atomic mass is 32.1. The third kappa shape index (κ3) is 2.51. The summed E-state index contributed by atoms with van der Waals surface area (Å²) in [4.78, 5) is 17.2. The number of aromatic nitrogens is 6. The van der Waals surface area contributed by atoms with E-state index < -0.39 is 0 Å². The normalized spacial score (nSPS) is 17.3. The summed E-state index contributed by atoms with van der Waals surface area (Å²) in [5.74, 6) is 0.804. The molecule has 0 radical (unpaired) electrons. The third-order valence-electron chi connectivity index (χ3n) is 4.47. The summed E-state index contributed by atoms with van der Waals surface area (Å²) in [7, 11) is 0. The van der Waals surface area contributed by atoms with Gasteiger partial charge in [0.2, 0.25) is 10.6 Å². The molecule has 0 unspecified atom stereocenters. The van der Waals surface area contributed by atoms with E-state index in [1.165, 1.54) is 54.4 Å². The van der Waals surface area contributed by atoms with E-state index in [-0.39, 0.29) is 11.1 Å². The number of aryl methyl sites for hydroxylation is 1. The molecule has 0 aromatic carbocycles. The highest BCUT2D eigenvalue weighted by Gasteiger charge is 2.16. The van der Waals surface area contributed by atoms with Gasteiger partial charge in [-0.1, -0.05) is 49.9 Å². The summed E-state index contributed by atoms with van der Waals surface area (Å²) < 4.78 is 1.36. The van der Waals surface area contributed by atoms with Gasteiger partial charge in [-0.25, -0.2) is 0 Å². The van der Waals surface area contributed by atoms with Crippen molar-refractivity contribution in [1.29, 1.82) is 0 Å². The van der Waals surface area contributed by atoms with Gasteiger partial charge in [-0.2, -0.15) is 19.8 Å². The van der Waals surface area contributed by atoms with Crippen LogP contribution >= 0.6 is 11.3 Å². The summed E-state index contributed by atoms with van der Waals surface area (Å²) >= 11 is 1.48. The lowest BCUT2D eigenvalue weighted by Crippen LogP contribution is -2.15. The van der Waals surface area contributed by atoms with Crippen molar-refractivity contribution in [3.63, 3.8) is 0 Å². The van der Waals surface area contributed by atoms with Crippen LogP contribution in [-0.2, 0) is 6.42 Å². The molecule has 4 rings (SSSR count). The maximum absolute atomic E-state index is 12.3. The molecule has 1 saturated carbocycles. The zero-order chi connectivity index (χ0) is 14.9. The van der Waals surface area contributed by atoms with Gasteiger partial charge in [0.15, 0.2) is 5.52 Å². The van der Waals surface area contributed by atoms with Crippen molar-refractivity contribution in [2.75, 3.05) is 0 Å². The van der Waals surface area contributed by atoms with E-state index in [1.54, 1.807) is 0 Å². The Labute approximate surface area is 130 Å². The van der Waals surface area contributed by atoms with Crippen molar-refractivity contribution in [2.45, 2.75) is 51.4 Å². The first-order valence-electron chi connectivity index (χ1n) is 7.90. The Bertz CT molecular complexity index is 842. The Kier molecular flexibility index (Phi) is 3.61. The largest absolute Gasteiger partial charge is 0.305 e. The monoisotopic (exact) mass is 318 g/mol. The van der Waals surface area contributed by atoms with E-state index >= 15 is 0 Å². The van der Waals surface area contributed by atoms with Crippen LogP contribution in [0.2, 0.25) is 0 Å². The SMILES string of the molecule is O=c1c2n[nH]nc2nc2sc(CCC3CCCCCC3)nn12. The van der Waals surface area contributed by atoms with Crippen LogP contribution in [0.4, 0.5) is 0 Å². The standard InChI is InChI=1S/C14H18N6OS/c21-13-11-12(17-19-16-11)15-14-20(13)18-10(22-14)8-7-9-5-3-1-2-4-6-9/h9H,1-8H2,(H,16,17,19). The topological polar surface area (TPSA) is 88.8 Å². The van der Waals surface area contributed by atoms with Gasteiger partial charge in [0.05, 0.1) is 0 Å². The third-order valence-corrected chi connectivity index (χ3v) is 5.44. The summed E-state index contributed by atoms with van der Waals surface area (Å²) in [5, 5.41) is 15.6. The minimum absolute atomic E-state index is 0.245. The first-order chi connectivity index (χ1) is 10.8. The van der Waals surface area contributed by atoms with Crippen molar-refractivity contribution in [3.05, 3.63) is 15.4 Å². The lowest BCUT2D eigenvalue weighted by atomic mass is 9.95. The van der Waals surface area contributed by atoms with Crippen molar-refractivity contribution in [1.82, 2.24) is 30.0 Å². The van der Waals surface area contributed by atoms with E-state index in [0.717, 1.165) is 23.8 Å². The molecule has 1 aliphatic carbocycles. The Hall–Kier alpha value is -1.83. The molecule has 0 saturated heterocycles. The second kappa shape index (κ2) is 5.75. The summed E-state index contributed by atoms with van der Waals surface area (Å²) in [6.45, 7) is 0. The van der Waals surface area contributed by atoms with Gasteiger partial charge in [0.25, 0.3) is 0 Å². The molecule has 0 atom stereocenters. The minimum Gasteiger partial charge on any atom is -0.265 e. The number of nitrogens with one attached hydrogen (secondary N) is 1. The molecule has 0 amide bonds. The fourth-order valence-electron chi connectivity index (χ4n) is 3.24. The van der Waals surface area contributed by atoms with Gasteiger partial charge < -0.3 is 0 Å². The van der Waals surface area contributed by atoms with Crippen LogP contribution in [-0.4, -0.2) is 30.0 Å². The number of fused-ring (bicyclic) bond motifs is 2. The van der Waals surface area contributed by atoms with Crippen LogP contribution in [0.5, 0.6) is 0 Å². The number of aromatic amines is 1. The van der Waals surface area contributed by atoms with Gasteiger partial charge in [-0.05, 0) is 12.3 Å². The van der Waals surface area contributed by atoms with Gasteiger partial charge in [0, 0.05) is 6.42 Å². The minimum atomic E-state index is -0.245. The lowest BCUT2D eigenvalue weighted by Gasteiger charge is -2.11. The zero-order valence-electron chi connectivity index (χ0n) is 12.3. The lowest BCUT2D eigenvalue weighted by molar-refractivity contribution is 0.427. The smallest absolute Gasteiger partial charge is 0.265 e. The number of hydrogen-bond donors (Lipinski definition) is 1. The molecule has 7 nitrogen and oxygen atoms in total. The number of rotatable bonds is 3. The van der Waals surface area contributed by atoms with E-state index in [1.807, 2.05) is 0 Å². The fourth-order valence-corrected chi connectivity index (χ4v) is 4.14. The average Bonchev–Trinajstić information content (AvgIpc) is 3.06.